The van der Waals surface area contributed by atoms with Gasteiger partial charge in [0.05, 0.1) is 4.90 Å². The normalized spacial score (nSPS) is 15.2. The number of nitrogens with two attached hydrogens (primary N) is 1. The van der Waals surface area contributed by atoms with Crippen molar-refractivity contribution >= 4 is 45.4 Å². The Kier molecular flexibility index (Phi) is 7.35. The highest BCUT2D eigenvalue weighted by molar-refractivity contribution is 7.89. The molecular weight excluding hydrogens is 408 g/mol. The molecule has 1 aliphatic heterocycles. The van der Waals surface area contributed by atoms with Crippen molar-refractivity contribution in [3.8, 4) is 0 Å². The quantitative estimate of drug-likeness (QED) is 0.758. The van der Waals surface area contributed by atoms with Gasteiger partial charge in [0.2, 0.25) is 10.0 Å². The average molecular weight is 431 g/mol. The number of benzene rings is 1. The summed E-state index contributed by atoms with van der Waals surface area (Å²) in [7, 11) is -3.56. The molecule has 27 heavy (non-hydrogen) atoms. The van der Waals surface area contributed by atoms with E-state index in [9.17, 15) is 13.2 Å². The predicted molar refractivity (Wildman–Crippen MR) is 109 cm³/mol. The van der Waals surface area contributed by atoms with Crippen LogP contribution in [0, 0.1) is 6.92 Å². The van der Waals surface area contributed by atoms with Crippen molar-refractivity contribution in [1.29, 1.82) is 0 Å². The van der Waals surface area contributed by atoms with Gasteiger partial charge < -0.3 is 11.1 Å². The number of sulfonamides is 1. The maximum atomic E-state index is 12.9. The van der Waals surface area contributed by atoms with E-state index in [1.54, 1.807) is 24.4 Å². The van der Waals surface area contributed by atoms with Crippen LogP contribution in [-0.2, 0) is 16.6 Å². The molecule has 10 heteroatoms. The van der Waals surface area contributed by atoms with Gasteiger partial charge in [-0.15, -0.1) is 23.7 Å². The second kappa shape index (κ2) is 9.11. The van der Waals surface area contributed by atoms with Gasteiger partial charge >= 0.3 is 0 Å². The number of halogens is 1. The number of nitrogens with one attached hydrogen (secondary N) is 1. The number of thiazole rings is 1. The van der Waals surface area contributed by atoms with Gasteiger partial charge in [0.15, 0.2) is 0 Å². The number of piperidine rings is 1. The number of hydrogen-bond donors (Lipinski definition) is 2. The molecule has 0 radical (unpaired) electrons. The van der Waals surface area contributed by atoms with E-state index >= 15 is 0 Å². The van der Waals surface area contributed by atoms with Crippen molar-refractivity contribution in [3.63, 3.8) is 0 Å². The van der Waals surface area contributed by atoms with Gasteiger partial charge in [-0.05, 0) is 37.5 Å². The number of aromatic nitrogens is 1. The van der Waals surface area contributed by atoms with Crippen LogP contribution in [0.15, 0.2) is 28.5 Å². The lowest BCUT2D eigenvalue weighted by atomic mass is 10.2. The number of rotatable bonds is 5. The Morgan fingerprint density at radius 2 is 2.00 bits per heavy atom. The van der Waals surface area contributed by atoms with Crippen molar-refractivity contribution in [2.24, 2.45) is 5.73 Å². The number of anilines is 1. The molecule has 0 aliphatic carbocycles. The summed E-state index contributed by atoms with van der Waals surface area (Å²) in [6, 6.07) is 4.92. The molecule has 148 valence electrons. The van der Waals surface area contributed by atoms with E-state index in [0.29, 0.717) is 29.3 Å². The Bertz CT molecular complexity index is 909. The molecule has 0 saturated carbocycles. The summed E-state index contributed by atoms with van der Waals surface area (Å²) in [4.78, 5) is 16.7. The summed E-state index contributed by atoms with van der Waals surface area (Å²) in [5, 5.41) is 5.03. The van der Waals surface area contributed by atoms with Crippen LogP contribution >= 0.6 is 23.7 Å². The first-order chi connectivity index (χ1) is 12.4. The van der Waals surface area contributed by atoms with E-state index in [-0.39, 0.29) is 35.4 Å². The van der Waals surface area contributed by atoms with Crippen molar-refractivity contribution in [1.82, 2.24) is 9.29 Å². The molecular formula is C17H23ClN4O3S2. The van der Waals surface area contributed by atoms with Crippen LogP contribution < -0.4 is 11.1 Å². The van der Waals surface area contributed by atoms with Crippen molar-refractivity contribution < 1.29 is 13.2 Å². The van der Waals surface area contributed by atoms with Gasteiger partial charge in [0.25, 0.3) is 5.91 Å². The molecule has 1 aromatic heterocycles. The molecule has 1 aliphatic rings. The standard InChI is InChI=1S/C17H22N4O3S2.ClH/c1-12-5-6-13(19-17(22)14-11-25-16(10-18)20-14)9-15(12)26(23,24)21-7-3-2-4-8-21;/h5-6,9,11H,2-4,7-8,10,18H2,1H3,(H,19,22);1H. The van der Waals surface area contributed by atoms with Crippen LogP contribution in [0.1, 0.15) is 40.3 Å². The van der Waals surface area contributed by atoms with Gasteiger partial charge in [0, 0.05) is 30.7 Å². The molecule has 2 aromatic rings. The summed E-state index contributed by atoms with van der Waals surface area (Å²) in [5.74, 6) is -0.383. The Hall–Kier alpha value is -1.52. The highest BCUT2D eigenvalue weighted by Crippen LogP contribution is 2.26. The Morgan fingerprint density at radius 3 is 2.63 bits per heavy atom. The lowest BCUT2D eigenvalue weighted by Gasteiger charge is -2.26. The molecule has 1 aromatic carbocycles. The second-order valence-corrected chi connectivity index (χ2v) is 9.08. The first kappa shape index (κ1) is 21.8. The van der Waals surface area contributed by atoms with E-state index in [0.717, 1.165) is 19.3 Å². The van der Waals surface area contributed by atoms with Gasteiger partial charge in [-0.3, -0.25) is 4.79 Å². The molecule has 2 heterocycles. The average Bonchev–Trinajstić information content (AvgIpc) is 3.13. The Labute approximate surface area is 169 Å². The topological polar surface area (TPSA) is 105 Å². The van der Waals surface area contributed by atoms with Gasteiger partial charge in [0.1, 0.15) is 10.7 Å². The number of nitrogens with zero attached hydrogens (tertiary/aromatic N) is 2. The summed E-state index contributed by atoms with van der Waals surface area (Å²) in [6.45, 7) is 3.12. The fourth-order valence-electron chi connectivity index (χ4n) is 2.90. The largest absolute Gasteiger partial charge is 0.325 e. The minimum absolute atomic E-state index is 0. The first-order valence-corrected chi connectivity index (χ1v) is 10.8. The molecule has 1 fully saturated rings. The number of aryl methyl sites for hydroxylation is 1. The van der Waals surface area contributed by atoms with Crippen LogP contribution in [0.25, 0.3) is 0 Å². The molecule has 0 bridgehead atoms. The van der Waals surface area contributed by atoms with Gasteiger partial charge in [-0.2, -0.15) is 4.31 Å². The van der Waals surface area contributed by atoms with Crippen molar-refractivity contribution in [2.45, 2.75) is 37.6 Å². The van der Waals surface area contributed by atoms with E-state index in [2.05, 4.69) is 10.3 Å². The van der Waals surface area contributed by atoms with Crippen molar-refractivity contribution in [2.75, 3.05) is 18.4 Å². The number of carbonyl (C=O) groups is 1. The molecule has 0 unspecified atom stereocenters. The summed E-state index contributed by atoms with van der Waals surface area (Å²) >= 11 is 1.32. The number of carbonyl (C=O) groups excluding carboxylic acids is 1. The molecule has 1 amide bonds. The molecule has 3 N–H and O–H groups in total. The van der Waals surface area contributed by atoms with Crippen LogP contribution in [0.3, 0.4) is 0 Å². The maximum absolute atomic E-state index is 12.9. The predicted octanol–water partition coefficient (Wildman–Crippen LogP) is 2.76. The van der Waals surface area contributed by atoms with E-state index in [1.165, 1.54) is 21.7 Å². The highest BCUT2D eigenvalue weighted by atomic mass is 35.5. The molecule has 1 saturated heterocycles. The number of amides is 1. The van der Waals surface area contributed by atoms with Crippen LogP contribution in [0.2, 0.25) is 0 Å². The van der Waals surface area contributed by atoms with Crippen molar-refractivity contribution in [3.05, 3.63) is 39.8 Å². The minimum Gasteiger partial charge on any atom is -0.325 e. The lowest BCUT2D eigenvalue weighted by Crippen LogP contribution is -2.36. The van der Waals surface area contributed by atoms with Crippen LogP contribution in [-0.4, -0.2) is 36.7 Å². The molecule has 3 rings (SSSR count). The third-order valence-electron chi connectivity index (χ3n) is 4.34. The summed E-state index contributed by atoms with van der Waals surface area (Å²) < 4.78 is 27.4. The van der Waals surface area contributed by atoms with E-state index < -0.39 is 10.0 Å². The fourth-order valence-corrected chi connectivity index (χ4v) is 5.33. The lowest BCUT2D eigenvalue weighted by molar-refractivity contribution is 0.102. The van der Waals surface area contributed by atoms with Gasteiger partial charge in [-0.1, -0.05) is 12.5 Å². The number of hydrogen-bond acceptors (Lipinski definition) is 6. The zero-order valence-corrected chi connectivity index (χ0v) is 17.4. The third kappa shape index (κ3) is 4.85. The summed E-state index contributed by atoms with van der Waals surface area (Å²) in [5.41, 5.74) is 6.88. The first-order valence-electron chi connectivity index (χ1n) is 8.48. The van der Waals surface area contributed by atoms with Gasteiger partial charge in [-0.25, -0.2) is 13.4 Å². The SMILES string of the molecule is Cc1ccc(NC(=O)c2csc(CN)n2)cc1S(=O)(=O)N1CCCCC1.Cl. The zero-order valence-electron chi connectivity index (χ0n) is 15.0. The maximum Gasteiger partial charge on any atom is 0.275 e. The zero-order chi connectivity index (χ0) is 18.7. The van der Waals surface area contributed by atoms with E-state index in [1.807, 2.05) is 0 Å². The molecule has 7 nitrogen and oxygen atoms in total. The van der Waals surface area contributed by atoms with E-state index in [4.69, 9.17) is 5.73 Å². The minimum atomic E-state index is -3.56. The highest BCUT2D eigenvalue weighted by Gasteiger charge is 2.27. The van der Waals surface area contributed by atoms with Crippen LogP contribution in [0.4, 0.5) is 5.69 Å². The molecule has 0 spiro atoms. The summed E-state index contributed by atoms with van der Waals surface area (Å²) in [6.07, 6.45) is 2.81. The fraction of sp³-hybridized carbons (Fsp3) is 0.412. The third-order valence-corrected chi connectivity index (χ3v) is 7.25. The Morgan fingerprint density at radius 1 is 1.30 bits per heavy atom. The van der Waals surface area contributed by atoms with Crippen LogP contribution in [0.5, 0.6) is 0 Å². The monoisotopic (exact) mass is 430 g/mol. The second-order valence-electron chi connectivity index (χ2n) is 6.23. The smallest absolute Gasteiger partial charge is 0.275 e. The molecule has 0 atom stereocenters. The Balaban J connectivity index is 0.00000261.